The number of rotatable bonds is 6. The minimum Gasteiger partial charge on any atom is -0.491 e. The number of likely N-dealkylation sites (tertiary alicyclic amines) is 1. The molecule has 10 heteroatoms. The Labute approximate surface area is 230 Å². The van der Waals surface area contributed by atoms with Crippen LogP contribution >= 0.6 is 0 Å². The highest BCUT2D eigenvalue weighted by Gasteiger charge is 2.30. The number of benzene rings is 2. The summed E-state index contributed by atoms with van der Waals surface area (Å²) in [5.74, 6) is 1.52. The normalized spacial score (nSPS) is 17.1. The van der Waals surface area contributed by atoms with Crippen molar-refractivity contribution in [3.8, 4) is 34.1 Å². The van der Waals surface area contributed by atoms with Gasteiger partial charge in [-0.3, -0.25) is 4.79 Å². The number of ether oxygens (including phenoxy) is 1. The molecule has 0 bridgehead atoms. The number of amides is 1. The van der Waals surface area contributed by atoms with Crippen LogP contribution in [0.4, 0.5) is 0 Å². The molecule has 0 unspecified atom stereocenters. The van der Waals surface area contributed by atoms with Gasteiger partial charge in [0.15, 0.2) is 11.5 Å². The molecule has 2 aliphatic rings. The van der Waals surface area contributed by atoms with E-state index in [9.17, 15) is 4.79 Å². The molecule has 0 saturated carbocycles. The molecular weight excluding hydrogens is 504 g/mol. The first-order chi connectivity index (χ1) is 19.7. The standard InChI is InChI=1S/C30H28N8O2/c1-2-28(39)36-15-12-22(13-16-36)32-24-19-40-25-18-21(8-9-23(24)25)29-30(20-6-4-3-5-7-20)38-26(33-29)10-11-27(34-38)37-17-14-31-35-37/h2-11,14,17-18,22,24,32H,1,12-13,15-16,19H2/t24-/m0/s1. The Morgan fingerprint density at radius 3 is 2.67 bits per heavy atom. The molecule has 1 atom stereocenters. The Morgan fingerprint density at radius 1 is 1.05 bits per heavy atom. The van der Waals surface area contributed by atoms with E-state index in [1.807, 2.05) is 39.7 Å². The highest BCUT2D eigenvalue weighted by molar-refractivity contribution is 5.87. The minimum atomic E-state index is 0.00663. The zero-order valence-corrected chi connectivity index (χ0v) is 21.8. The molecule has 200 valence electrons. The summed E-state index contributed by atoms with van der Waals surface area (Å²) in [6, 6.07) is 20.8. The molecule has 40 heavy (non-hydrogen) atoms. The molecule has 1 N–H and O–H groups in total. The van der Waals surface area contributed by atoms with Crippen molar-refractivity contribution in [2.75, 3.05) is 19.7 Å². The van der Waals surface area contributed by atoms with E-state index >= 15 is 0 Å². The summed E-state index contributed by atoms with van der Waals surface area (Å²) in [5.41, 5.74) is 5.57. The fourth-order valence-electron chi connectivity index (χ4n) is 5.61. The van der Waals surface area contributed by atoms with Gasteiger partial charge in [-0.25, -0.2) is 14.2 Å². The van der Waals surface area contributed by atoms with E-state index < -0.39 is 0 Å². The van der Waals surface area contributed by atoms with Crippen LogP contribution in [0.5, 0.6) is 5.75 Å². The van der Waals surface area contributed by atoms with Crippen molar-refractivity contribution in [1.82, 2.24) is 39.8 Å². The summed E-state index contributed by atoms with van der Waals surface area (Å²) in [4.78, 5) is 18.8. The third-order valence-corrected chi connectivity index (χ3v) is 7.65. The number of piperidine rings is 1. The van der Waals surface area contributed by atoms with Crippen LogP contribution in [-0.4, -0.2) is 66.1 Å². The van der Waals surface area contributed by atoms with Gasteiger partial charge in [-0.05, 0) is 37.1 Å². The van der Waals surface area contributed by atoms with Crippen LogP contribution in [0.3, 0.4) is 0 Å². The smallest absolute Gasteiger partial charge is 0.245 e. The number of carbonyl (C=O) groups excluding carboxylic acids is 1. The molecule has 0 radical (unpaired) electrons. The lowest BCUT2D eigenvalue weighted by molar-refractivity contribution is -0.127. The fourth-order valence-corrected chi connectivity index (χ4v) is 5.61. The zero-order chi connectivity index (χ0) is 27.1. The fraction of sp³-hybridized carbons (Fsp3) is 0.233. The molecule has 0 aliphatic carbocycles. The van der Waals surface area contributed by atoms with Gasteiger partial charge in [-0.2, -0.15) is 0 Å². The number of hydrogen-bond donors (Lipinski definition) is 1. The van der Waals surface area contributed by atoms with E-state index in [1.54, 1.807) is 17.1 Å². The molecule has 3 aromatic heterocycles. The van der Waals surface area contributed by atoms with Crippen molar-refractivity contribution in [1.29, 1.82) is 0 Å². The number of nitrogens with one attached hydrogen (secondary N) is 1. The summed E-state index contributed by atoms with van der Waals surface area (Å²) in [6.07, 6.45) is 6.61. The summed E-state index contributed by atoms with van der Waals surface area (Å²) in [5, 5.41) is 16.6. The summed E-state index contributed by atoms with van der Waals surface area (Å²) < 4.78 is 9.67. The van der Waals surface area contributed by atoms with Crippen LogP contribution in [0.25, 0.3) is 34.0 Å². The lowest BCUT2D eigenvalue weighted by Crippen LogP contribution is -2.45. The Balaban J connectivity index is 1.20. The molecular formula is C30H28N8O2. The number of imidazole rings is 1. The van der Waals surface area contributed by atoms with E-state index in [-0.39, 0.29) is 11.9 Å². The van der Waals surface area contributed by atoms with Crippen LogP contribution in [0.15, 0.2) is 85.7 Å². The first-order valence-corrected chi connectivity index (χ1v) is 13.4. The monoisotopic (exact) mass is 532 g/mol. The predicted molar refractivity (Wildman–Crippen MR) is 150 cm³/mol. The summed E-state index contributed by atoms with van der Waals surface area (Å²) in [7, 11) is 0. The van der Waals surface area contributed by atoms with Crippen LogP contribution in [-0.2, 0) is 4.79 Å². The van der Waals surface area contributed by atoms with Gasteiger partial charge >= 0.3 is 0 Å². The maximum Gasteiger partial charge on any atom is 0.245 e. The summed E-state index contributed by atoms with van der Waals surface area (Å²) in [6.45, 7) is 5.66. The molecule has 2 aliphatic heterocycles. The van der Waals surface area contributed by atoms with Gasteiger partial charge in [0.05, 0.1) is 24.1 Å². The molecule has 2 aromatic carbocycles. The van der Waals surface area contributed by atoms with Crippen molar-refractivity contribution in [2.45, 2.75) is 24.9 Å². The highest BCUT2D eigenvalue weighted by atomic mass is 16.5. The number of fused-ring (bicyclic) bond motifs is 2. The Morgan fingerprint density at radius 2 is 1.90 bits per heavy atom. The van der Waals surface area contributed by atoms with Gasteiger partial charge in [-0.1, -0.05) is 54.3 Å². The average molecular weight is 533 g/mol. The molecule has 1 fully saturated rings. The zero-order valence-electron chi connectivity index (χ0n) is 21.8. The summed E-state index contributed by atoms with van der Waals surface area (Å²) >= 11 is 0. The lowest BCUT2D eigenvalue weighted by Gasteiger charge is -2.33. The van der Waals surface area contributed by atoms with Gasteiger partial charge in [0.25, 0.3) is 0 Å². The SMILES string of the molecule is C=CC(=O)N1CCC(N[C@H]2COc3cc(-c4nc5ccc(-n6ccnn6)nn5c4-c4ccccc4)ccc32)CC1. The minimum absolute atomic E-state index is 0.00663. The highest BCUT2D eigenvalue weighted by Crippen LogP contribution is 2.39. The maximum absolute atomic E-state index is 11.9. The van der Waals surface area contributed by atoms with E-state index in [1.165, 1.54) is 6.08 Å². The third kappa shape index (κ3) is 4.32. The van der Waals surface area contributed by atoms with Crippen molar-refractivity contribution in [3.63, 3.8) is 0 Å². The van der Waals surface area contributed by atoms with E-state index in [4.69, 9.17) is 14.8 Å². The van der Waals surface area contributed by atoms with E-state index in [0.717, 1.165) is 65.4 Å². The average Bonchev–Trinajstić information content (AvgIpc) is 3.76. The van der Waals surface area contributed by atoms with Crippen molar-refractivity contribution < 1.29 is 9.53 Å². The van der Waals surface area contributed by atoms with Crippen LogP contribution in [0, 0.1) is 0 Å². The molecule has 1 saturated heterocycles. The van der Waals surface area contributed by atoms with E-state index in [2.05, 4.69) is 52.5 Å². The number of carbonyl (C=O) groups is 1. The molecule has 5 heterocycles. The molecule has 5 aromatic rings. The first kappa shape index (κ1) is 24.2. The van der Waals surface area contributed by atoms with Gasteiger partial charge in [0.1, 0.15) is 18.1 Å². The second-order valence-corrected chi connectivity index (χ2v) is 10.1. The molecule has 1 amide bonds. The van der Waals surface area contributed by atoms with Crippen molar-refractivity contribution in [3.05, 3.63) is 91.3 Å². The predicted octanol–water partition coefficient (Wildman–Crippen LogP) is 3.84. The maximum atomic E-state index is 11.9. The second-order valence-electron chi connectivity index (χ2n) is 10.1. The number of nitrogens with zero attached hydrogens (tertiary/aromatic N) is 7. The first-order valence-electron chi connectivity index (χ1n) is 13.4. The third-order valence-electron chi connectivity index (χ3n) is 7.65. The molecule has 0 spiro atoms. The van der Waals surface area contributed by atoms with Crippen LogP contribution < -0.4 is 10.1 Å². The Bertz CT molecular complexity index is 1690. The lowest BCUT2D eigenvalue weighted by atomic mass is 9.99. The quantitative estimate of drug-likeness (QED) is 0.332. The van der Waals surface area contributed by atoms with Gasteiger partial charge < -0.3 is 15.0 Å². The van der Waals surface area contributed by atoms with Crippen molar-refractivity contribution >= 4 is 11.6 Å². The number of hydrogen-bond acceptors (Lipinski definition) is 7. The van der Waals surface area contributed by atoms with Gasteiger partial charge in [0, 0.05) is 35.8 Å². The Kier molecular flexibility index (Phi) is 6.09. The molecule has 7 rings (SSSR count). The molecule has 10 nitrogen and oxygen atoms in total. The van der Waals surface area contributed by atoms with Crippen LogP contribution in [0.1, 0.15) is 24.4 Å². The Hall–Kier alpha value is -4.83. The van der Waals surface area contributed by atoms with Gasteiger partial charge in [-0.15, -0.1) is 10.2 Å². The topological polar surface area (TPSA) is 102 Å². The van der Waals surface area contributed by atoms with Crippen molar-refractivity contribution in [2.24, 2.45) is 0 Å². The van der Waals surface area contributed by atoms with Crippen LogP contribution in [0.2, 0.25) is 0 Å². The van der Waals surface area contributed by atoms with Gasteiger partial charge in [0.2, 0.25) is 5.91 Å². The van der Waals surface area contributed by atoms with E-state index in [0.29, 0.717) is 18.5 Å². The number of aromatic nitrogens is 6. The second kappa shape index (κ2) is 10.0. The largest absolute Gasteiger partial charge is 0.491 e.